The maximum Gasteiger partial charge on any atom is 0.471 e. The number of carbonyl (C=O) groups is 5. The molecule has 0 aromatic carbocycles. The number of nitrogens with two attached hydrogens (primary N) is 1. The zero-order valence-corrected chi connectivity index (χ0v) is 23.6. The molecule has 2 heterocycles. The van der Waals surface area contributed by atoms with Gasteiger partial charge in [0.1, 0.15) is 18.1 Å². The van der Waals surface area contributed by atoms with E-state index in [9.17, 15) is 37.1 Å². The van der Waals surface area contributed by atoms with Crippen molar-refractivity contribution in [2.75, 3.05) is 6.54 Å². The molecule has 0 radical (unpaired) electrons. The van der Waals surface area contributed by atoms with E-state index >= 15 is 0 Å². The molecule has 5 aliphatic rings. The van der Waals surface area contributed by atoms with Gasteiger partial charge in [0.15, 0.2) is 0 Å². The number of fused-ring (bicyclic) bond motifs is 1. The van der Waals surface area contributed by atoms with E-state index in [1.165, 1.54) is 11.8 Å². The Morgan fingerprint density at radius 2 is 1.76 bits per heavy atom. The van der Waals surface area contributed by atoms with Crippen LogP contribution in [-0.4, -0.2) is 82.5 Å². The van der Waals surface area contributed by atoms with Crippen molar-refractivity contribution in [2.45, 2.75) is 108 Å². The van der Waals surface area contributed by atoms with Gasteiger partial charge in [0.25, 0.3) is 0 Å². The van der Waals surface area contributed by atoms with Crippen LogP contribution in [0.15, 0.2) is 0 Å². The number of carbonyl (C=O) groups excluding carboxylic acids is 5. The predicted octanol–water partition coefficient (Wildman–Crippen LogP) is 0.503. The van der Waals surface area contributed by atoms with Crippen molar-refractivity contribution >= 4 is 29.5 Å². The Kier molecular flexibility index (Phi) is 6.90. The van der Waals surface area contributed by atoms with Crippen molar-refractivity contribution in [3.8, 4) is 0 Å². The van der Waals surface area contributed by atoms with Crippen molar-refractivity contribution in [3.63, 3.8) is 0 Å². The van der Waals surface area contributed by atoms with E-state index < -0.39 is 65.6 Å². The molecule has 0 aromatic heterocycles. The molecule has 5 N–H and O–H groups in total. The predicted molar refractivity (Wildman–Crippen MR) is 136 cm³/mol. The Labute approximate surface area is 235 Å². The molecule has 7 atom stereocenters. The fraction of sp³-hybridized carbons (Fsp3) is 0.815. The van der Waals surface area contributed by atoms with Gasteiger partial charge in [0, 0.05) is 18.0 Å². The van der Waals surface area contributed by atoms with Gasteiger partial charge in [0.05, 0.1) is 11.7 Å². The van der Waals surface area contributed by atoms with Crippen molar-refractivity contribution < 1.29 is 41.9 Å². The van der Waals surface area contributed by atoms with E-state index in [0.717, 1.165) is 12.8 Å². The molecule has 228 valence electrons. The van der Waals surface area contributed by atoms with E-state index in [1.54, 1.807) is 12.2 Å². The summed E-state index contributed by atoms with van der Waals surface area (Å²) >= 11 is 0. The van der Waals surface area contributed by atoms with E-state index in [4.69, 9.17) is 10.5 Å². The number of hydrogen-bond donors (Lipinski definition) is 4. The number of ether oxygens (including phenoxy) is 1. The van der Waals surface area contributed by atoms with E-state index in [0.29, 0.717) is 19.3 Å². The topological polar surface area (TPSA) is 160 Å². The van der Waals surface area contributed by atoms with Crippen molar-refractivity contribution in [3.05, 3.63) is 0 Å². The number of nitrogens with one attached hydrogen (secondary N) is 3. The molecule has 5 rings (SSSR count). The van der Waals surface area contributed by atoms with Crippen LogP contribution in [0.25, 0.3) is 0 Å². The minimum atomic E-state index is -5.23. The van der Waals surface area contributed by atoms with Crippen LogP contribution in [0, 0.1) is 23.2 Å². The minimum absolute atomic E-state index is 0.000529. The highest BCUT2D eigenvalue weighted by molar-refractivity contribution is 5.96. The zero-order chi connectivity index (χ0) is 30.3. The van der Waals surface area contributed by atoms with E-state index in [2.05, 4.69) is 10.6 Å². The Hall–Kier alpha value is -2.90. The minimum Gasteiger partial charge on any atom is -0.370 e. The van der Waals surface area contributed by atoms with Crippen LogP contribution < -0.4 is 21.7 Å². The first-order valence-corrected chi connectivity index (χ1v) is 14.2. The molecule has 0 aromatic rings. The molecule has 3 aliphatic carbocycles. The van der Waals surface area contributed by atoms with Crippen molar-refractivity contribution in [1.29, 1.82) is 0 Å². The SMILES string of the molecule is C[C@@H](OC1(C)CC1)[C@H](NC(=O)C(F)(F)F)C(=O)N1C[C@H]2[C@@H]([C@H]1C(=O)N[C@@H](C[C@@H]1CC3(CC3)NC1=O)C(N)=O)C2(C)C. The first-order chi connectivity index (χ1) is 18.9. The number of alkyl halides is 3. The normalized spacial score (nSPS) is 31.9. The largest absolute Gasteiger partial charge is 0.471 e. The molecule has 41 heavy (non-hydrogen) atoms. The molecule has 5 fully saturated rings. The molecule has 2 saturated heterocycles. The molecule has 2 aliphatic heterocycles. The average Bonchev–Trinajstić information content (AvgIpc) is 3.77. The van der Waals surface area contributed by atoms with Gasteiger partial charge in [-0.1, -0.05) is 13.8 Å². The third kappa shape index (κ3) is 5.63. The van der Waals surface area contributed by atoms with Crippen molar-refractivity contribution in [2.24, 2.45) is 28.9 Å². The summed E-state index contributed by atoms with van der Waals surface area (Å²) in [7, 11) is 0. The fourth-order valence-corrected chi connectivity index (χ4v) is 6.84. The second-order valence-electron chi connectivity index (χ2n) is 13.5. The zero-order valence-electron chi connectivity index (χ0n) is 23.6. The summed E-state index contributed by atoms with van der Waals surface area (Å²) in [6.45, 7) is 7.12. The van der Waals surface area contributed by atoms with Gasteiger partial charge in [-0.3, -0.25) is 24.0 Å². The number of piperidine rings is 1. The second kappa shape index (κ2) is 9.56. The lowest BCUT2D eigenvalue weighted by Crippen LogP contribution is -2.61. The van der Waals surface area contributed by atoms with Gasteiger partial charge >= 0.3 is 12.1 Å². The van der Waals surface area contributed by atoms with Gasteiger partial charge in [0.2, 0.25) is 23.6 Å². The Bertz CT molecular complexity index is 1170. The van der Waals surface area contributed by atoms with Crippen molar-refractivity contribution in [1.82, 2.24) is 20.9 Å². The number of primary amides is 1. The van der Waals surface area contributed by atoms with E-state index in [-0.39, 0.29) is 41.7 Å². The second-order valence-corrected chi connectivity index (χ2v) is 13.5. The highest BCUT2D eigenvalue weighted by Crippen LogP contribution is 2.65. The number of likely N-dealkylation sites (tertiary alicyclic amines) is 1. The Morgan fingerprint density at radius 1 is 1.12 bits per heavy atom. The summed E-state index contributed by atoms with van der Waals surface area (Å²) in [5.41, 5.74) is 4.42. The molecule has 3 saturated carbocycles. The molecule has 0 unspecified atom stereocenters. The third-order valence-corrected chi connectivity index (χ3v) is 9.89. The molecular formula is C27H38F3N5O6. The van der Waals surface area contributed by atoms with E-state index in [1.807, 2.05) is 13.8 Å². The number of rotatable bonds is 10. The lowest BCUT2D eigenvalue weighted by molar-refractivity contribution is -0.177. The first-order valence-electron chi connectivity index (χ1n) is 14.2. The highest BCUT2D eigenvalue weighted by atomic mass is 19.4. The molecule has 11 nitrogen and oxygen atoms in total. The summed E-state index contributed by atoms with van der Waals surface area (Å²) in [4.78, 5) is 65.4. The Balaban J connectivity index is 1.34. The standard InChI is InChI=1S/C27H38F3N5O6/c1-12(41-25(4)5-6-25)17(33-23(40)27(28,29)30)22(39)35-11-14-16(24(14,2)3)18(35)21(38)32-15(19(31)36)9-13-10-26(7-8-26)34-20(13)37/h12-18H,5-11H2,1-4H3,(H2,31,36)(H,32,38)(H,33,40)(H,34,37)/t12-,13-,14+,15+,16+,17+,18+/m1/s1. The van der Waals surface area contributed by atoms with Crippen LogP contribution in [0.1, 0.15) is 66.2 Å². The quantitative estimate of drug-likeness (QED) is 0.292. The maximum atomic E-state index is 13.8. The molecule has 0 bridgehead atoms. The molecule has 5 amide bonds. The average molecular weight is 586 g/mol. The summed E-state index contributed by atoms with van der Waals surface area (Å²) in [5.74, 6) is -5.81. The third-order valence-electron chi connectivity index (χ3n) is 9.89. The van der Waals surface area contributed by atoms with Gasteiger partial charge in [-0.15, -0.1) is 0 Å². The first kappa shape index (κ1) is 29.6. The number of halogens is 3. The lowest BCUT2D eigenvalue weighted by atomic mass is 9.94. The molecular weight excluding hydrogens is 547 g/mol. The number of nitrogens with zero attached hydrogens (tertiary/aromatic N) is 1. The number of hydrogen-bond acceptors (Lipinski definition) is 6. The smallest absolute Gasteiger partial charge is 0.370 e. The monoisotopic (exact) mass is 585 g/mol. The maximum absolute atomic E-state index is 13.8. The van der Waals surface area contributed by atoms with Crippen LogP contribution in [0.3, 0.4) is 0 Å². The Morgan fingerprint density at radius 3 is 2.27 bits per heavy atom. The van der Waals surface area contributed by atoms with Crippen LogP contribution in [0.2, 0.25) is 0 Å². The summed E-state index contributed by atoms with van der Waals surface area (Å²) in [6, 6.07) is -3.98. The molecule has 1 spiro atoms. The van der Waals surface area contributed by atoms with Gasteiger partial charge in [-0.05, 0) is 69.6 Å². The fourth-order valence-electron chi connectivity index (χ4n) is 6.84. The van der Waals surface area contributed by atoms with Gasteiger partial charge < -0.3 is 31.3 Å². The van der Waals surface area contributed by atoms with Gasteiger partial charge in [-0.25, -0.2) is 0 Å². The van der Waals surface area contributed by atoms with Crippen LogP contribution >= 0.6 is 0 Å². The summed E-state index contributed by atoms with van der Waals surface area (Å²) < 4.78 is 45.4. The highest BCUT2D eigenvalue weighted by Gasteiger charge is 2.70. The number of amides is 5. The van der Waals surface area contributed by atoms with Crippen LogP contribution in [-0.2, 0) is 28.7 Å². The lowest BCUT2D eigenvalue weighted by Gasteiger charge is -2.36. The summed E-state index contributed by atoms with van der Waals surface area (Å²) in [6.07, 6.45) is -2.77. The van der Waals surface area contributed by atoms with Crippen LogP contribution in [0.4, 0.5) is 13.2 Å². The van der Waals surface area contributed by atoms with Gasteiger partial charge in [-0.2, -0.15) is 13.2 Å². The van der Waals surface area contributed by atoms with Crippen LogP contribution in [0.5, 0.6) is 0 Å². The molecule has 14 heteroatoms. The summed E-state index contributed by atoms with van der Waals surface area (Å²) in [5, 5.41) is 7.36.